The zero-order chi connectivity index (χ0) is 15.3. The quantitative estimate of drug-likeness (QED) is 0.691. The SMILES string of the molecule is CCCCN(CCBr)S(=O)(=O)c1c(C)cc(F)cc1C. The largest absolute Gasteiger partial charge is 0.243 e. The molecule has 6 heteroatoms. The fraction of sp³-hybridized carbons (Fsp3) is 0.571. The maximum Gasteiger partial charge on any atom is 0.243 e. The fourth-order valence-corrected chi connectivity index (χ4v) is 4.77. The first-order valence-corrected chi connectivity index (χ1v) is 9.23. The van der Waals surface area contributed by atoms with Crippen molar-refractivity contribution in [1.82, 2.24) is 4.31 Å². The van der Waals surface area contributed by atoms with Gasteiger partial charge in [0, 0.05) is 18.4 Å². The van der Waals surface area contributed by atoms with Gasteiger partial charge >= 0.3 is 0 Å². The molecule has 114 valence electrons. The number of halogens is 2. The molecule has 1 aromatic rings. The smallest absolute Gasteiger partial charge is 0.207 e. The first kappa shape index (κ1) is 17.6. The highest BCUT2D eigenvalue weighted by Gasteiger charge is 2.27. The standard InChI is InChI=1S/C14H21BrFNO2S/c1-4-5-7-17(8-6-15)20(18,19)14-11(2)9-13(16)10-12(14)3/h9-10H,4-8H2,1-3H3. The molecule has 0 heterocycles. The summed E-state index contributed by atoms with van der Waals surface area (Å²) in [6, 6.07) is 2.54. The van der Waals surface area contributed by atoms with Crippen LogP contribution in [0.2, 0.25) is 0 Å². The minimum absolute atomic E-state index is 0.232. The summed E-state index contributed by atoms with van der Waals surface area (Å²) in [7, 11) is -3.58. The second-order valence-electron chi connectivity index (χ2n) is 4.82. The second-order valence-corrected chi connectivity index (χ2v) is 7.48. The van der Waals surface area contributed by atoms with Crippen LogP contribution in [0.4, 0.5) is 4.39 Å². The van der Waals surface area contributed by atoms with E-state index in [0.717, 1.165) is 12.8 Å². The molecular formula is C14H21BrFNO2S. The zero-order valence-electron chi connectivity index (χ0n) is 12.1. The highest BCUT2D eigenvalue weighted by atomic mass is 79.9. The average Bonchev–Trinajstić information content (AvgIpc) is 2.32. The summed E-state index contributed by atoms with van der Waals surface area (Å²) < 4.78 is 40.3. The van der Waals surface area contributed by atoms with Gasteiger partial charge in [-0.15, -0.1) is 0 Å². The summed E-state index contributed by atoms with van der Waals surface area (Å²) in [5.41, 5.74) is 0.914. The van der Waals surface area contributed by atoms with Gasteiger partial charge < -0.3 is 0 Å². The van der Waals surface area contributed by atoms with Crippen molar-refractivity contribution in [3.63, 3.8) is 0 Å². The second kappa shape index (κ2) is 7.52. The van der Waals surface area contributed by atoms with Gasteiger partial charge in [-0.1, -0.05) is 29.3 Å². The Kier molecular flexibility index (Phi) is 6.61. The molecule has 3 nitrogen and oxygen atoms in total. The van der Waals surface area contributed by atoms with Crippen LogP contribution in [0.3, 0.4) is 0 Å². The Morgan fingerprint density at radius 3 is 2.20 bits per heavy atom. The summed E-state index contributed by atoms with van der Waals surface area (Å²) in [6.07, 6.45) is 1.74. The number of alkyl halides is 1. The maximum atomic E-state index is 13.3. The van der Waals surface area contributed by atoms with Crippen LogP contribution in [0.1, 0.15) is 30.9 Å². The molecule has 0 aromatic heterocycles. The molecule has 0 fully saturated rings. The van der Waals surface area contributed by atoms with E-state index in [1.54, 1.807) is 13.8 Å². The molecular weight excluding hydrogens is 345 g/mol. The summed E-state index contributed by atoms with van der Waals surface area (Å²) in [5.74, 6) is -0.403. The molecule has 0 saturated heterocycles. The van der Waals surface area contributed by atoms with Gasteiger partial charge in [0.05, 0.1) is 4.90 Å². The number of sulfonamides is 1. The number of hydrogen-bond donors (Lipinski definition) is 0. The fourth-order valence-electron chi connectivity index (χ4n) is 2.21. The molecule has 1 aromatic carbocycles. The predicted octanol–water partition coefficient (Wildman–Crippen LogP) is 3.63. The van der Waals surface area contributed by atoms with Crippen LogP contribution in [-0.2, 0) is 10.0 Å². The van der Waals surface area contributed by atoms with E-state index in [9.17, 15) is 12.8 Å². The van der Waals surface area contributed by atoms with E-state index in [1.807, 2.05) is 6.92 Å². The van der Waals surface area contributed by atoms with Crippen molar-refractivity contribution in [2.24, 2.45) is 0 Å². The highest BCUT2D eigenvalue weighted by molar-refractivity contribution is 9.09. The van der Waals surface area contributed by atoms with Crippen LogP contribution >= 0.6 is 15.9 Å². The summed E-state index contributed by atoms with van der Waals surface area (Å²) in [5, 5.41) is 0.579. The van der Waals surface area contributed by atoms with Crippen molar-refractivity contribution in [3.05, 3.63) is 29.1 Å². The number of aryl methyl sites for hydroxylation is 2. The molecule has 0 bridgehead atoms. The lowest BCUT2D eigenvalue weighted by atomic mass is 10.1. The molecule has 0 N–H and O–H groups in total. The van der Waals surface area contributed by atoms with Gasteiger partial charge in [-0.05, 0) is 43.5 Å². The van der Waals surface area contributed by atoms with Crippen LogP contribution in [0, 0.1) is 19.7 Å². The van der Waals surface area contributed by atoms with Crippen LogP contribution in [0.25, 0.3) is 0 Å². The first-order valence-electron chi connectivity index (χ1n) is 6.67. The average molecular weight is 366 g/mol. The van der Waals surface area contributed by atoms with Crippen LogP contribution < -0.4 is 0 Å². The summed E-state index contributed by atoms with van der Waals surface area (Å²) >= 11 is 3.29. The van der Waals surface area contributed by atoms with Crippen molar-refractivity contribution in [2.75, 3.05) is 18.4 Å². The van der Waals surface area contributed by atoms with E-state index in [-0.39, 0.29) is 4.90 Å². The lowest BCUT2D eigenvalue weighted by Crippen LogP contribution is -2.34. The normalized spacial score (nSPS) is 12.1. The molecule has 0 aliphatic heterocycles. The van der Waals surface area contributed by atoms with E-state index in [0.29, 0.717) is 29.5 Å². The van der Waals surface area contributed by atoms with Crippen molar-refractivity contribution in [1.29, 1.82) is 0 Å². The third-order valence-electron chi connectivity index (χ3n) is 3.12. The van der Waals surface area contributed by atoms with Gasteiger partial charge in [0.1, 0.15) is 5.82 Å². The topological polar surface area (TPSA) is 37.4 Å². The third kappa shape index (κ3) is 4.02. The molecule has 0 aliphatic carbocycles. The van der Waals surface area contributed by atoms with E-state index >= 15 is 0 Å². The lowest BCUT2D eigenvalue weighted by molar-refractivity contribution is 0.421. The van der Waals surface area contributed by atoms with Gasteiger partial charge in [-0.2, -0.15) is 4.31 Å². The first-order chi connectivity index (χ1) is 9.34. The Morgan fingerprint density at radius 2 is 1.75 bits per heavy atom. The number of unbranched alkanes of at least 4 members (excludes halogenated alkanes) is 1. The van der Waals surface area contributed by atoms with Gasteiger partial charge in [0.25, 0.3) is 0 Å². The minimum Gasteiger partial charge on any atom is -0.207 e. The van der Waals surface area contributed by atoms with Crippen molar-refractivity contribution >= 4 is 26.0 Å². The lowest BCUT2D eigenvalue weighted by Gasteiger charge is -2.23. The van der Waals surface area contributed by atoms with E-state index in [4.69, 9.17) is 0 Å². The number of rotatable bonds is 7. The van der Waals surface area contributed by atoms with Crippen molar-refractivity contribution in [3.8, 4) is 0 Å². The molecule has 0 aliphatic rings. The van der Waals surface area contributed by atoms with E-state index < -0.39 is 15.8 Å². The van der Waals surface area contributed by atoms with E-state index in [1.165, 1.54) is 16.4 Å². The molecule has 0 atom stereocenters. The van der Waals surface area contributed by atoms with Gasteiger partial charge in [0.2, 0.25) is 10.0 Å². The Hall–Kier alpha value is -0.460. The molecule has 0 unspecified atom stereocenters. The molecule has 0 spiro atoms. The Labute approximate surface area is 129 Å². The number of benzene rings is 1. The highest BCUT2D eigenvalue weighted by Crippen LogP contribution is 2.25. The third-order valence-corrected chi connectivity index (χ3v) is 5.68. The molecule has 1 rings (SSSR count). The maximum absolute atomic E-state index is 13.3. The van der Waals surface area contributed by atoms with E-state index in [2.05, 4.69) is 15.9 Å². The summed E-state index contributed by atoms with van der Waals surface area (Å²) in [4.78, 5) is 0.232. The molecule has 20 heavy (non-hydrogen) atoms. The minimum atomic E-state index is -3.58. The van der Waals surface area contributed by atoms with Gasteiger partial charge in [-0.25, -0.2) is 12.8 Å². The zero-order valence-corrected chi connectivity index (χ0v) is 14.5. The number of nitrogens with zero attached hydrogens (tertiary/aromatic N) is 1. The van der Waals surface area contributed by atoms with Gasteiger partial charge in [-0.3, -0.25) is 0 Å². The summed E-state index contributed by atoms with van der Waals surface area (Å²) in [6.45, 7) is 6.19. The Bertz CT molecular complexity index is 537. The molecule has 0 radical (unpaired) electrons. The van der Waals surface area contributed by atoms with Crippen molar-refractivity contribution in [2.45, 2.75) is 38.5 Å². The Balaban J connectivity index is 3.26. The van der Waals surface area contributed by atoms with Crippen LogP contribution in [0.15, 0.2) is 17.0 Å². The monoisotopic (exact) mass is 365 g/mol. The van der Waals surface area contributed by atoms with Crippen LogP contribution in [0.5, 0.6) is 0 Å². The Morgan fingerprint density at radius 1 is 1.20 bits per heavy atom. The molecule has 0 amide bonds. The van der Waals surface area contributed by atoms with Crippen molar-refractivity contribution < 1.29 is 12.8 Å². The molecule has 0 saturated carbocycles. The van der Waals surface area contributed by atoms with Crippen LogP contribution in [-0.4, -0.2) is 31.1 Å². The predicted molar refractivity (Wildman–Crippen MR) is 83.3 cm³/mol. The van der Waals surface area contributed by atoms with Gasteiger partial charge in [0.15, 0.2) is 0 Å². The number of hydrogen-bond acceptors (Lipinski definition) is 2.